The number of carbonyl (C=O) groups is 1. The van der Waals surface area contributed by atoms with Crippen LogP contribution >= 0.6 is 15.9 Å². The lowest BCUT2D eigenvalue weighted by molar-refractivity contribution is -0.112. The summed E-state index contributed by atoms with van der Waals surface area (Å²) in [5.74, 6) is 7.46. The quantitative estimate of drug-likeness (QED) is 0.347. The van der Waals surface area contributed by atoms with Crippen molar-refractivity contribution < 1.29 is 9.53 Å². The summed E-state index contributed by atoms with van der Waals surface area (Å²) in [5.41, 5.74) is 4.60. The highest BCUT2D eigenvalue weighted by Gasteiger charge is 2.32. The average Bonchev–Trinajstić information content (AvgIpc) is 3.63. The van der Waals surface area contributed by atoms with Gasteiger partial charge in [0, 0.05) is 11.5 Å². The number of aromatic nitrogens is 3. The lowest BCUT2D eigenvalue weighted by atomic mass is 9.89. The topological polar surface area (TPSA) is 60.3 Å². The van der Waals surface area contributed by atoms with Crippen LogP contribution in [0.3, 0.4) is 0 Å². The van der Waals surface area contributed by atoms with Crippen LogP contribution in [0.1, 0.15) is 69.4 Å². The molecule has 1 aromatic carbocycles. The fourth-order valence-corrected chi connectivity index (χ4v) is 5.26. The van der Waals surface area contributed by atoms with Gasteiger partial charge in [-0.2, -0.15) is 0 Å². The highest BCUT2D eigenvalue weighted by Crippen LogP contribution is 2.47. The fraction of sp³-hybridized carbons (Fsp3) is 0.464. The highest BCUT2D eigenvalue weighted by atomic mass is 79.9. The monoisotopic (exact) mass is 534 g/mol. The van der Waals surface area contributed by atoms with Crippen LogP contribution in [0.15, 0.2) is 28.7 Å². The number of aryl methyl sites for hydroxylation is 2. The molecule has 2 fully saturated rings. The number of anilines is 2. The molecule has 0 saturated heterocycles. The number of amides is 1. The summed E-state index contributed by atoms with van der Waals surface area (Å²) >= 11 is 3.67. The second-order valence-electron chi connectivity index (χ2n) is 9.92. The van der Waals surface area contributed by atoms with Crippen molar-refractivity contribution in [1.29, 1.82) is 0 Å². The Bertz CT molecular complexity index is 1340. The summed E-state index contributed by atoms with van der Waals surface area (Å²) in [4.78, 5) is 20.0. The minimum Gasteiger partial charge on any atom is -0.472 e. The first-order valence-electron chi connectivity index (χ1n) is 12.4. The number of hydrogen-bond donors (Lipinski definition) is 0. The van der Waals surface area contributed by atoms with Crippen LogP contribution in [-0.4, -0.2) is 26.8 Å². The largest absolute Gasteiger partial charge is 0.472 e. The minimum absolute atomic E-state index is 0.147. The third kappa shape index (κ3) is 4.81. The van der Waals surface area contributed by atoms with Crippen molar-refractivity contribution in [3.8, 4) is 17.7 Å². The average molecular weight is 535 g/mol. The summed E-state index contributed by atoms with van der Waals surface area (Å²) in [7, 11) is 1.90. The molecule has 6 nitrogen and oxygen atoms in total. The predicted octanol–water partition coefficient (Wildman–Crippen LogP) is 6.56. The van der Waals surface area contributed by atoms with Gasteiger partial charge in [0.15, 0.2) is 5.52 Å². The predicted molar refractivity (Wildman–Crippen MR) is 142 cm³/mol. The van der Waals surface area contributed by atoms with E-state index in [1.807, 2.05) is 26.1 Å². The zero-order chi connectivity index (χ0) is 24.7. The van der Waals surface area contributed by atoms with Gasteiger partial charge < -0.3 is 4.74 Å². The Labute approximate surface area is 215 Å². The van der Waals surface area contributed by atoms with Crippen molar-refractivity contribution in [3.05, 3.63) is 39.9 Å². The van der Waals surface area contributed by atoms with E-state index in [1.165, 1.54) is 12.8 Å². The van der Waals surface area contributed by atoms with E-state index in [2.05, 4.69) is 51.9 Å². The lowest BCUT2D eigenvalue weighted by Crippen LogP contribution is -2.26. The number of rotatable bonds is 5. The minimum atomic E-state index is -0.296. The van der Waals surface area contributed by atoms with Gasteiger partial charge in [0.25, 0.3) is 5.88 Å². The number of hydrogen-bond acceptors (Lipinski definition) is 4. The molecule has 1 amide bonds. The van der Waals surface area contributed by atoms with Gasteiger partial charge in [0.2, 0.25) is 0 Å². The first-order chi connectivity index (χ1) is 16.9. The molecule has 0 aliphatic heterocycles. The smallest absolute Gasteiger partial charge is 0.308 e. The van der Waals surface area contributed by atoms with E-state index in [4.69, 9.17) is 9.72 Å². The molecule has 0 bridgehead atoms. The molecular formula is C28H31BrN4O2. The molecule has 2 aliphatic carbocycles. The van der Waals surface area contributed by atoms with Crippen LogP contribution in [0, 0.1) is 24.7 Å². The molecule has 3 aromatic rings. The Hall–Kier alpha value is -2.85. The van der Waals surface area contributed by atoms with Crippen LogP contribution in [-0.2, 0) is 11.8 Å². The number of ether oxygens (including phenoxy) is 1. The van der Waals surface area contributed by atoms with Gasteiger partial charge in [-0.05, 0) is 106 Å². The molecule has 2 aliphatic rings. The van der Waals surface area contributed by atoms with E-state index in [0.717, 1.165) is 58.4 Å². The standard InChI is InChI=1S/C28H31BrN4O2/c1-5-6-26(34)33(24-15-18(3)22(29)16-21(24)19-9-10-19)25-14-13-23-27(30-25)28(31-32(23)4)35-20-11-7-17(2)8-12-20/h13-17,19-20H,7-12H2,1-4H3. The molecule has 35 heavy (non-hydrogen) atoms. The normalized spacial score (nSPS) is 19.8. The van der Waals surface area contributed by atoms with Gasteiger partial charge in [-0.1, -0.05) is 28.8 Å². The maximum absolute atomic E-state index is 13.4. The zero-order valence-corrected chi connectivity index (χ0v) is 22.4. The summed E-state index contributed by atoms with van der Waals surface area (Å²) in [6.07, 6.45) is 6.78. The zero-order valence-electron chi connectivity index (χ0n) is 20.8. The third-order valence-electron chi connectivity index (χ3n) is 7.12. The van der Waals surface area contributed by atoms with E-state index < -0.39 is 0 Å². The Balaban J connectivity index is 1.60. The molecule has 5 rings (SSSR count). The summed E-state index contributed by atoms with van der Waals surface area (Å²) in [6, 6.07) is 8.04. The maximum Gasteiger partial charge on any atom is 0.308 e. The maximum atomic E-state index is 13.4. The van der Waals surface area contributed by atoms with Crippen molar-refractivity contribution in [3.63, 3.8) is 0 Å². The number of benzene rings is 1. The van der Waals surface area contributed by atoms with Gasteiger partial charge in [-0.15, -0.1) is 5.10 Å². The Kier molecular flexibility index (Phi) is 6.59. The van der Waals surface area contributed by atoms with E-state index in [9.17, 15) is 4.79 Å². The van der Waals surface area contributed by atoms with Crippen LogP contribution in [0.2, 0.25) is 0 Å². The second-order valence-corrected chi connectivity index (χ2v) is 10.8. The lowest BCUT2D eigenvalue weighted by Gasteiger charge is -2.26. The van der Waals surface area contributed by atoms with Gasteiger partial charge >= 0.3 is 5.91 Å². The van der Waals surface area contributed by atoms with Gasteiger partial charge in [0.05, 0.1) is 11.2 Å². The molecule has 2 saturated carbocycles. The molecule has 0 atom stereocenters. The van der Waals surface area contributed by atoms with Gasteiger partial charge in [-0.3, -0.25) is 14.4 Å². The van der Waals surface area contributed by atoms with Gasteiger partial charge in [0.1, 0.15) is 11.9 Å². The molecule has 0 radical (unpaired) electrons. The van der Waals surface area contributed by atoms with E-state index in [0.29, 0.717) is 23.1 Å². The van der Waals surface area contributed by atoms with Crippen molar-refractivity contribution in [2.45, 2.75) is 71.3 Å². The summed E-state index contributed by atoms with van der Waals surface area (Å²) < 4.78 is 9.20. The molecular weight excluding hydrogens is 504 g/mol. The van der Waals surface area contributed by atoms with Crippen LogP contribution in [0.25, 0.3) is 11.0 Å². The Morgan fingerprint density at radius 2 is 1.91 bits per heavy atom. The molecule has 182 valence electrons. The number of nitrogens with zero attached hydrogens (tertiary/aromatic N) is 4. The van der Waals surface area contributed by atoms with Crippen molar-refractivity contribution in [2.24, 2.45) is 13.0 Å². The Morgan fingerprint density at radius 1 is 1.17 bits per heavy atom. The van der Waals surface area contributed by atoms with Crippen molar-refractivity contribution in [2.75, 3.05) is 4.90 Å². The summed E-state index contributed by atoms with van der Waals surface area (Å²) in [6.45, 7) is 6.01. The fourth-order valence-electron chi connectivity index (χ4n) is 4.90. The second kappa shape index (κ2) is 9.66. The Morgan fingerprint density at radius 3 is 2.60 bits per heavy atom. The van der Waals surface area contributed by atoms with Crippen LogP contribution < -0.4 is 9.64 Å². The van der Waals surface area contributed by atoms with Crippen molar-refractivity contribution >= 4 is 44.4 Å². The molecule has 0 unspecified atom stereocenters. The van der Waals surface area contributed by atoms with E-state index in [-0.39, 0.29) is 12.0 Å². The van der Waals surface area contributed by atoms with Crippen LogP contribution in [0.5, 0.6) is 5.88 Å². The number of halogens is 1. The SMILES string of the molecule is CC#CC(=O)N(c1ccc2c(n1)c(OC1CCC(C)CC1)nn2C)c1cc(C)c(Br)cc1C1CC1. The first kappa shape index (κ1) is 23.9. The molecule has 7 heteroatoms. The van der Waals surface area contributed by atoms with E-state index >= 15 is 0 Å². The molecule has 0 N–H and O–H groups in total. The molecule has 0 spiro atoms. The van der Waals surface area contributed by atoms with E-state index in [1.54, 1.807) is 16.5 Å². The number of carbonyl (C=O) groups excluding carboxylic acids is 1. The van der Waals surface area contributed by atoms with Gasteiger partial charge in [-0.25, -0.2) is 4.98 Å². The van der Waals surface area contributed by atoms with Crippen molar-refractivity contribution in [1.82, 2.24) is 14.8 Å². The van der Waals surface area contributed by atoms with Crippen LogP contribution in [0.4, 0.5) is 11.5 Å². The molecule has 2 heterocycles. The number of fused-ring (bicyclic) bond motifs is 1. The summed E-state index contributed by atoms with van der Waals surface area (Å²) in [5, 5.41) is 4.63. The third-order valence-corrected chi connectivity index (χ3v) is 7.98. The number of pyridine rings is 1. The first-order valence-corrected chi connectivity index (χ1v) is 13.2. The highest BCUT2D eigenvalue weighted by molar-refractivity contribution is 9.10. The molecule has 2 aromatic heterocycles.